The molecule has 4 aliphatic rings. The summed E-state index contributed by atoms with van der Waals surface area (Å²) in [5.74, 6) is -0.780. The molecule has 2 unspecified atom stereocenters. The molecule has 1 aromatic carbocycles. The van der Waals surface area contributed by atoms with Gasteiger partial charge in [-0.05, 0) is 79.5 Å². The van der Waals surface area contributed by atoms with E-state index in [-0.39, 0.29) is 37.8 Å². The van der Waals surface area contributed by atoms with Gasteiger partial charge in [0.05, 0.1) is 20.3 Å². The molecule has 3 amide bonds. The maximum Gasteiger partial charge on any atom is 0.407 e. The fraction of sp³-hybridized carbons (Fsp3) is 0.600. The SMILES string of the molecule is C=CC1CC1(NC(=O)[C@@H]1C[C@@H]2CN1C(=O)[C@H](C1CCCCC1)NC(=O)OC[C@@H](C)CCCc1cc3c(nccc3cc1OC)O2)P(=O)(O)O. The van der Waals surface area contributed by atoms with Crippen molar-refractivity contribution in [2.75, 3.05) is 20.3 Å². The Morgan fingerprint density at radius 1 is 1.20 bits per heavy atom. The average Bonchev–Trinajstić information content (AvgIpc) is 3.66. The number of cyclic esters (lactones) is 1. The van der Waals surface area contributed by atoms with Gasteiger partial charge >= 0.3 is 13.7 Å². The smallest absolute Gasteiger partial charge is 0.407 e. The van der Waals surface area contributed by atoms with Crippen molar-refractivity contribution in [2.45, 2.75) is 94.6 Å². The van der Waals surface area contributed by atoms with Gasteiger partial charge in [0, 0.05) is 23.9 Å². The number of hydrogen-bond donors (Lipinski definition) is 4. The molecule has 2 aliphatic heterocycles. The van der Waals surface area contributed by atoms with Crippen molar-refractivity contribution in [3.05, 3.63) is 42.6 Å². The Morgan fingerprint density at radius 2 is 1.98 bits per heavy atom. The number of pyridine rings is 1. The first-order chi connectivity index (χ1) is 23.4. The number of benzene rings is 1. The maximum absolute atomic E-state index is 14.5. The molecule has 0 spiro atoms. The fourth-order valence-corrected chi connectivity index (χ4v) is 9.00. The first-order valence-electron chi connectivity index (χ1n) is 17.3. The molecule has 1 aromatic heterocycles. The van der Waals surface area contributed by atoms with E-state index in [4.69, 9.17) is 14.2 Å². The van der Waals surface area contributed by atoms with E-state index < -0.39 is 54.9 Å². The number of amides is 3. The Morgan fingerprint density at radius 3 is 2.67 bits per heavy atom. The van der Waals surface area contributed by atoms with Crippen LogP contribution in [0.5, 0.6) is 11.6 Å². The monoisotopic (exact) mass is 698 g/mol. The Balaban J connectivity index is 1.37. The summed E-state index contributed by atoms with van der Waals surface area (Å²) in [6.45, 7) is 5.87. The average molecular weight is 699 g/mol. The summed E-state index contributed by atoms with van der Waals surface area (Å²) in [5.41, 5.74) is 0.972. The van der Waals surface area contributed by atoms with Crippen molar-refractivity contribution >= 4 is 36.3 Å². The molecule has 2 saturated carbocycles. The Hall–Kier alpha value is -3.67. The zero-order chi connectivity index (χ0) is 34.9. The van der Waals surface area contributed by atoms with Crippen LogP contribution in [-0.4, -0.2) is 81.3 Å². The van der Waals surface area contributed by atoms with Crippen LogP contribution in [0, 0.1) is 17.8 Å². The van der Waals surface area contributed by atoms with Gasteiger partial charge in [-0.3, -0.25) is 14.2 Å². The van der Waals surface area contributed by atoms with Crippen LogP contribution in [0.2, 0.25) is 0 Å². The summed E-state index contributed by atoms with van der Waals surface area (Å²) in [4.78, 5) is 68.1. The van der Waals surface area contributed by atoms with E-state index in [1.807, 2.05) is 25.1 Å². The second-order valence-corrected chi connectivity index (χ2v) is 16.0. The standard InChI is InChI=1S/C35H47N4O9P/c1-4-25-18-35(25,49(43,44)45)38-31(40)28-17-26-19-39(28)33(41)30(22-10-6-5-7-11-22)37-34(42)47-20-21(2)9-8-12-24-15-27-23(16-29(24)46-3)13-14-36-32(27)48-26/h4,13-16,21-22,25-26,28,30H,1,5-12,17-20H2,2-3H3,(H,37,42)(H,38,40)(H2,43,44,45)/t21-,25?,26+,28-,30-,35?/m0/s1. The molecular formula is C35H47N4O9P. The number of alkyl carbamates (subject to hydrolysis) is 1. The number of rotatable bonds is 6. The second kappa shape index (κ2) is 14.3. The third kappa shape index (κ3) is 7.30. The third-order valence-corrected chi connectivity index (χ3v) is 12.4. The molecule has 3 fully saturated rings. The van der Waals surface area contributed by atoms with Crippen LogP contribution in [-0.2, 0) is 25.3 Å². The molecule has 266 valence electrons. The van der Waals surface area contributed by atoms with E-state index in [9.17, 15) is 28.7 Å². The number of aromatic nitrogens is 1. The quantitative estimate of drug-likeness (QED) is 0.249. The van der Waals surface area contributed by atoms with Crippen molar-refractivity contribution in [3.8, 4) is 11.6 Å². The Bertz CT molecular complexity index is 1640. The van der Waals surface area contributed by atoms with Gasteiger partial charge in [0.25, 0.3) is 0 Å². The van der Waals surface area contributed by atoms with Crippen LogP contribution in [0.4, 0.5) is 4.79 Å². The fourth-order valence-electron chi connectivity index (χ4n) is 7.77. The number of carbonyl (C=O) groups excluding carboxylic acids is 3. The highest BCUT2D eigenvalue weighted by Crippen LogP contribution is 2.67. The molecule has 6 rings (SSSR count). The van der Waals surface area contributed by atoms with Gasteiger partial charge in [-0.25, -0.2) is 9.78 Å². The van der Waals surface area contributed by atoms with Gasteiger partial charge < -0.3 is 39.5 Å². The highest BCUT2D eigenvalue weighted by atomic mass is 31.2. The van der Waals surface area contributed by atoms with E-state index in [2.05, 4.69) is 22.2 Å². The molecule has 13 nitrogen and oxygen atoms in total. The van der Waals surface area contributed by atoms with Crippen molar-refractivity contribution < 1.29 is 42.9 Å². The minimum Gasteiger partial charge on any atom is -0.496 e. The molecule has 0 radical (unpaired) electrons. The predicted octanol–water partition coefficient (Wildman–Crippen LogP) is 4.44. The van der Waals surface area contributed by atoms with Crippen molar-refractivity contribution in [2.24, 2.45) is 17.8 Å². The summed E-state index contributed by atoms with van der Waals surface area (Å²) in [7, 11) is -3.16. The predicted molar refractivity (Wildman–Crippen MR) is 181 cm³/mol. The van der Waals surface area contributed by atoms with E-state index in [0.29, 0.717) is 12.3 Å². The van der Waals surface area contributed by atoms with E-state index in [0.717, 1.165) is 67.0 Å². The highest BCUT2D eigenvalue weighted by Gasteiger charge is 2.66. The summed E-state index contributed by atoms with van der Waals surface area (Å²) in [5, 5.41) is 5.30. The normalized spacial score (nSPS) is 30.0. The lowest BCUT2D eigenvalue weighted by Gasteiger charge is -2.34. The van der Waals surface area contributed by atoms with E-state index >= 15 is 0 Å². The number of carbonyl (C=O) groups is 3. The molecule has 49 heavy (non-hydrogen) atoms. The number of fused-ring (bicyclic) bond motifs is 3. The van der Waals surface area contributed by atoms with Crippen LogP contribution in [0.3, 0.4) is 0 Å². The summed E-state index contributed by atoms with van der Waals surface area (Å²) in [6.07, 6.45) is 8.41. The summed E-state index contributed by atoms with van der Waals surface area (Å²) in [6, 6.07) is 3.74. The number of ether oxygens (including phenoxy) is 3. The van der Waals surface area contributed by atoms with Gasteiger partial charge in [-0.15, -0.1) is 6.58 Å². The lowest BCUT2D eigenvalue weighted by atomic mass is 9.83. The molecule has 2 aliphatic carbocycles. The summed E-state index contributed by atoms with van der Waals surface area (Å²) < 4.78 is 30.4. The number of aryl methyl sites for hydroxylation is 1. The number of nitrogens with one attached hydrogen (secondary N) is 2. The lowest BCUT2D eigenvalue weighted by molar-refractivity contribution is -0.141. The highest BCUT2D eigenvalue weighted by molar-refractivity contribution is 7.54. The minimum atomic E-state index is -4.78. The molecule has 2 aromatic rings. The number of nitrogens with zero attached hydrogens (tertiary/aromatic N) is 2. The van der Waals surface area contributed by atoms with Gasteiger partial charge in [-0.2, -0.15) is 0 Å². The van der Waals surface area contributed by atoms with Gasteiger partial charge in [0.2, 0.25) is 17.7 Å². The topological polar surface area (TPSA) is 177 Å². The van der Waals surface area contributed by atoms with Crippen LogP contribution in [0.15, 0.2) is 37.1 Å². The first-order valence-corrected chi connectivity index (χ1v) is 18.9. The van der Waals surface area contributed by atoms with Crippen LogP contribution in [0.25, 0.3) is 10.8 Å². The maximum atomic E-state index is 14.5. The van der Waals surface area contributed by atoms with Gasteiger partial charge in [0.15, 0.2) is 0 Å². The van der Waals surface area contributed by atoms with Crippen LogP contribution >= 0.6 is 7.60 Å². The molecular weight excluding hydrogens is 651 g/mol. The number of methoxy groups -OCH3 is 1. The van der Waals surface area contributed by atoms with Gasteiger partial charge in [-0.1, -0.05) is 32.3 Å². The van der Waals surface area contributed by atoms with Crippen LogP contribution < -0.4 is 20.1 Å². The van der Waals surface area contributed by atoms with Crippen molar-refractivity contribution in [3.63, 3.8) is 0 Å². The second-order valence-electron chi connectivity index (χ2n) is 14.1. The zero-order valence-corrected chi connectivity index (χ0v) is 29.0. The van der Waals surface area contributed by atoms with E-state index in [1.165, 1.54) is 11.0 Å². The summed E-state index contributed by atoms with van der Waals surface area (Å²) >= 11 is 0. The van der Waals surface area contributed by atoms with Crippen molar-refractivity contribution in [1.29, 1.82) is 0 Å². The van der Waals surface area contributed by atoms with Crippen molar-refractivity contribution in [1.82, 2.24) is 20.5 Å². The molecule has 4 bridgehead atoms. The van der Waals surface area contributed by atoms with E-state index in [1.54, 1.807) is 13.3 Å². The molecule has 14 heteroatoms. The lowest BCUT2D eigenvalue weighted by Crippen LogP contribution is -2.57. The third-order valence-electron chi connectivity index (χ3n) is 10.7. The van der Waals surface area contributed by atoms with Crippen LogP contribution in [0.1, 0.15) is 70.3 Å². The molecule has 3 heterocycles. The first kappa shape index (κ1) is 35.2. The number of hydrogen-bond acceptors (Lipinski definition) is 8. The Kier molecular flexibility index (Phi) is 10.3. The molecule has 1 saturated heterocycles. The largest absolute Gasteiger partial charge is 0.496 e. The van der Waals surface area contributed by atoms with Gasteiger partial charge in [0.1, 0.15) is 29.2 Å². The molecule has 6 atom stereocenters. The zero-order valence-electron chi connectivity index (χ0n) is 28.1. The molecule has 4 N–H and O–H groups in total. The minimum absolute atomic E-state index is 0.00276. The Labute approximate surface area is 286 Å².